The molecule has 0 N–H and O–H groups in total. The zero-order valence-electron chi connectivity index (χ0n) is 16.0. The highest BCUT2D eigenvalue weighted by Gasteiger charge is 2.24. The Morgan fingerprint density at radius 1 is 1.14 bits per heavy atom. The van der Waals surface area contributed by atoms with Crippen LogP contribution in [0.4, 0.5) is 5.13 Å². The number of piperazine rings is 1. The minimum Gasteiger partial charge on any atom is -0.408 e. The van der Waals surface area contributed by atoms with Gasteiger partial charge in [-0.25, -0.2) is 9.78 Å². The number of carbonyl (C=O) groups is 1. The van der Waals surface area contributed by atoms with Crippen molar-refractivity contribution in [2.75, 3.05) is 31.1 Å². The zero-order valence-corrected chi connectivity index (χ0v) is 16.8. The van der Waals surface area contributed by atoms with Crippen LogP contribution in [0.25, 0.3) is 21.3 Å². The van der Waals surface area contributed by atoms with Gasteiger partial charge in [0.2, 0.25) is 5.91 Å². The predicted octanol–water partition coefficient (Wildman–Crippen LogP) is 2.86. The number of carbonyl (C=O) groups excluding carboxylic acids is 1. The molecule has 2 aromatic heterocycles. The lowest BCUT2D eigenvalue weighted by atomic mass is 10.2. The number of para-hydroxylation sites is 2. The van der Waals surface area contributed by atoms with Gasteiger partial charge in [0.05, 0.1) is 15.7 Å². The van der Waals surface area contributed by atoms with Crippen molar-refractivity contribution in [3.05, 3.63) is 58.6 Å². The van der Waals surface area contributed by atoms with Crippen molar-refractivity contribution in [3.8, 4) is 0 Å². The molecule has 1 aliphatic heterocycles. The normalized spacial score (nSPS) is 14.8. The van der Waals surface area contributed by atoms with Gasteiger partial charge in [0, 0.05) is 26.2 Å². The average Bonchev–Trinajstić information content (AvgIpc) is 3.29. The van der Waals surface area contributed by atoms with Crippen LogP contribution in [0.1, 0.15) is 5.56 Å². The van der Waals surface area contributed by atoms with Crippen LogP contribution in [0.15, 0.2) is 51.7 Å². The molecule has 8 heteroatoms. The third kappa shape index (κ3) is 3.29. The fourth-order valence-corrected chi connectivity index (χ4v) is 4.82. The van der Waals surface area contributed by atoms with E-state index in [4.69, 9.17) is 9.40 Å². The molecule has 148 valence electrons. The van der Waals surface area contributed by atoms with Crippen LogP contribution in [0.5, 0.6) is 0 Å². The molecule has 0 aliphatic carbocycles. The lowest BCUT2D eigenvalue weighted by molar-refractivity contribution is -0.132. The summed E-state index contributed by atoms with van der Waals surface area (Å²) >= 11 is 1.69. The first-order valence-electron chi connectivity index (χ1n) is 9.57. The minimum absolute atomic E-state index is 0.00371. The van der Waals surface area contributed by atoms with Crippen LogP contribution < -0.4 is 10.7 Å². The molecule has 4 aromatic rings. The van der Waals surface area contributed by atoms with Crippen molar-refractivity contribution >= 4 is 43.7 Å². The largest absolute Gasteiger partial charge is 0.420 e. The maximum absolute atomic E-state index is 12.8. The summed E-state index contributed by atoms with van der Waals surface area (Å²) in [6.07, 6.45) is 0. The van der Waals surface area contributed by atoms with Crippen LogP contribution in [0, 0.1) is 6.92 Å². The quantitative estimate of drug-likeness (QED) is 0.521. The first-order chi connectivity index (χ1) is 14.1. The summed E-state index contributed by atoms with van der Waals surface area (Å²) < 4.78 is 7.81. The summed E-state index contributed by atoms with van der Waals surface area (Å²) in [6, 6.07) is 13.4. The van der Waals surface area contributed by atoms with Gasteiger partial charge in [-0.15, -0.1) is 0 Å². The predicted molar refractivity (Wildman–Crippen MR) is 114 cm³/mol. The summed E-state index contributed by atoms with van der Waals surface area (Å²) in [5.74, 6) is -0.568. The molecule has 0 spiro atoms. The molecule has 1 saturated heterocycles. The fraction of sp³-hybridized carbons (Fsp3) is 0.286. The monoisotopic (exact) mass is 408 g/mol. The molecule has 1 amide bonds. The van der Waals surface area contributed by atoms with Crippen molar-refractivity contribution in [1.29, 1.82) is 0 Å². The second-order valence-corrected chi connectivity index (χ2v) is 8.27. The van der Waals surface area contributed by atoms with E-state index < -0.39 is 5.76 Å². The van der Waals surface area contributed by atoms with Crippen LogP contribution in [-0.4, -0.2) is 46.5 Å². The second kappa shape index (κ2) is 7.04. The maximum Gasteiger partial charge on any atom is 0.420 e. The third-order valence-corrected chi connectivity index (χ3v) is 6.38. The van der Waals surface area contributed by atoms with Gasteiger partial charge in [-0.2, -0.15) is 0 Å². The molecular formula is C21H20N4O3S. The van der Waals surface area contributed by atoms with Crippen molar-refractivity contribution in [2.45, 2.75) is 13.5 Å². The lowest BCUT2D eigenvalue weighted by Gasteiger charge is -2.34. The van der Waals surface area contributed by atoms with Crippen LogP contribution in [0.3, 0.4) is 0 Å². The number of oxazole rings is 1. The molecule has 0 atom stereocenters. The van der Waals surface area contributed by atoms with E-state index in [1.165, 1.54) is 14.8 Å². The Labute approximate surface area is 170 Å². The van der Waals surface area contributed by atoms with Crippen LogP contribution in [-0.2, 0) is 11.3 Å². The number of anilines is 1. The highest BCUT2D eigenvalue weighted by atomic mass is 32.1. The van der Waals surface area contributed by atoms with Gasteiger partial charge in [-0.05, 0) is 36.8 Å². The summed E-state index contributed by atoms with van der Waals surface area (Å²) in [7, 11) is 0. The van der Waals surface area contributed by atoms with Crippen LogP contribution >= 0.6 is 11.3 Å². The van der Waals surface area contributed by atoms with Crippen molar-refractivity contribution in [3.63, 3.8) is 0 Å². The van der Waals surface area contributed by atoms with Gasteiger partial charge >= 0.3 is 5.76 Å². The number of hydrogen-bond donors (Lipinski definition) is 0. The van der Waals surface area contributed by atoms with E-state index in [0.717, 1.165) is 23.7 Å². The molecule has 0 radical (unpaired) electrons. The third-order valence-electron chi connectivity index (χ3n) is 5.30. The zero-order chi connectivity index (χ0) is 20.0. The van der Waals surface area contributed by atoms with E-state index >= 15 is 0 Å². The first-order valence-corrected chi connectivity index (χ1v) is 10.4. The van der Waals surface area contributed by atoms with Gasteiger partial charge in [0.15, 0.2) is 10.7 Å². The second-order valence-electron chi connectivity index (χ2n) is 7.26. The molecule has 0 unspecified atom stereocenters. The number of aryl methyl sites for hydroxylation is 1. The van der Waals surface area contributed by atoms with E-state index in [9.17, 15) is 9.59 Å². The minimum atomic E-state index is -0.497. The summed E-state index contributed by atoms with van der Waals surface area (Å²) in [4.78, 5) is 33.7. The van der Waals surface area contributed by atoms with E-state index in [2.05, 4.69) is 30.0 Å². The summed E-state index contributed by atoms with van der Waals surface area (Å²) in [6.45, 7) is 4.75. The van der Waals surface area contributed by atoms with E-state index in [-0.39, 0.29) is 12.5 Å². The molecule has 29 heavy (non-hydrogen) atoms. The molecule has 3 heterocycles. The molecule has 5 rings (SSSR count). The topological polar surface area (TPSA) is 71.6 Å². The fourth-order valence-electron chi connectivity index (χ4n) is 3.70. The van der Waals surface area contributed by atoms with Crippen molar-refractivity contribution < 1.29 is 9.21 Å². The molecule has 0 bridgehead atoms. The number of thiazole rings is 1. The van der Waals surface area contributed by atoms with E-state index in [1.54, 1.807) is 29.5 Å². The highest BCUT2D eigenvalue weighted by molar-refractivity contribution is 7.22. The van der Waals surface area contributed by atoms with Crippen LogP contribution in [0.2, 0.25) is 0 Å². The Morgan fingerprint density at radius 3 is 2.76 bits per heavy atom. The first kappa shape index (κ1) is 17.9. The molecular weight excluding hydrogens is 388 g/mol. The van der Waals surface area contributed by atoms with Gasteiger partial charge in [-0.3, -0.25) is 9.36 Å². The van der Waals surface area contributed by atoms with Gasteiger partial charge in [-0.1, -0.05) is 29.5 Å². The number of hydrogen-bond acceptors (Lipinski definition) is 6. The Morgan fingerprint density at radius 2 is 1.93 bits per heavy atom. The Balaban J connectivity index is 1.27. The number of aromatic nitrogens is 2. The molecule has 7 nitrogen and oxygen atoms in total. The summed E-state index contributed by atoms with van der Waals surface area (Å²) in [5, 5.41) is 0.995. The summed E-state index contributed by atoms with van der Waals surface area (Å²) in [5.41, 5.74) is 3.39. The standard InChI is InChI=1S/C21H20N4O3S/c1-14-6-7-15-18(12-14)29-20(22-15)24-10-8-23(9-11-24)19(26)13-25-16-4-2-3-5-17(16)28-21(25)27/h2-7,12H,8-11,13H2,1H3. The SMILES string of the molecule is Cc1ccc2nc(N3CCN(C(=O)Cn4c(=O)oc5ccccc54)CC3)sc2c1. The maximum atomic E-state index is 12.8. The molecule has 1 fully saturated rings. The van der Waals surface area contributed by atoms with Crippen molar-refractivity contribution in [2.24, 2.45) is 0 Å². The number of benzene rings is 2. The lowest BCUT2D eigenvalue weighted by Crippen LogP contribution is -2.50. The van der Waals surface area contributed by atoms with E-state index in [1.807, 2.05) is 11.0 Å². The van der Waals surface area contributed by atoms with Gasteiger partial charge < -0.3 is 14.2 Å². The number of nitrogens with zero attached hydrogens (tertiary/aromatic N) is 4. The number of fused-ring (bicyclic) bond motifs is 2. The highest BCUT2D eigenvalue weighted by Crippen LogP contribution is 2.30. The molecule has 0 saturated carbocycles. The van der Waals surface area contributed by atoms with Gasteiger partial charge in [0.1, 0.15) is 6.54 Å². The number of amides is 1. The van der Waals surface area contributed by atoms with Crippen molar-refractivity contribution in [1.82, 2.24) is 14.5 Å². The molecule has 1 aliphatic rings. The Hall–Kier alpha value is -3.13. The van der Waals surface area contributed by atoms with Gasteiger partial charge in [0.25, 0.3) is 0 Å². The Kier molecular flexibility index (Phi) is 4.35. The molecule has 2 aromatic carbocycles. The van der Waals surface area contributed by atoms with E-state index in [0.29, 0.717) is 24.2 Å². The smallest absolute Gasteiger partial charge is 0.408 e. The average molecular weight is 408 g/mol. The Bertz CT molecular complexity index is 1260. The number of rotatable bonds is 3.